The fourth-order valence-electron chi connectivity index (χ4n) is 1.38. The first-order chi connectivity index (χ1) is 6.38. The van der Waals surface area contributed by atoms with Crippen molar-refractivity contribution in [3.05, 3.63) is 41.7 Å². The first kappa shape index (κ1) is 8.70. The molecule has 68 valence electrons. The molecule has 0 atom stereocenters. The Balaban J connectivity index is 2.35. The summed E-state index contributed by atoms with van der Waals surface area (Å²) in [6.45, 7) is 2.88. The molecule has 2 rings (SSSR count). The van der Waals surface area contributed by atoms with Crippen molar-refractivity contribution in [1.82, 2.24) is 0 Å². The number of ether oxygens (including phenoxy) is 1. The van der Waals surface area contributed by atoms with E-state index in [1.54, 1.807) is 0 Å². The Morgan fingerprint density at radius 3 is 2.69 bits per heavy atom. The highest BCUT2D eigenvalue weighted by molar-refractivity contribution is 8.08. The van der Waals surface area contributed by atoms with Gasteiger partial charge in [-0.05, 0) is 12.5 Å². The van der Waals surface area contributed by atoms with Crippen molar-refractivity contribution in [2.75, 3.05) is 12.4 Å². The molecule has 13 heavy (non-hydrogen) atoms. The second-order valence-corrected chi connectivity index (χ2v) is 4.05. The SMILES string of the molecule is CC1=C(c2ccccc2)SCCO1. The van der Waals surface area contributed by atoms with E-state index in [0.717, 1.165) is 18.1 Å². The Labute approximate surface area is 82.8 Å². The van der Waals surface area contributed by atoms with Crippen molar-refractivity contribution >= 4 is 16.7 Å². The van der Waals surface area contributed by atoms with Crippen LogP contribution in [0.2, 0.25) is 0 Å². The first-order valence-electron chi connectivity index (χ1n) is 4.40. The molecule has 1 aromatic carbocycles. The monoisotopic (exact) mass is 192 g/mol. The van der Waals surface area contributed by atoms with Crippen molar-refractivity contribution in [3.8, 4) is 0 Å². The summed E-state index contributed by atoms with van der Waals surface area (Å²) in [4.78, 5) is 1.28. The summed E-state index contributed by atoms with van der Waals surface area (Å²) in [5, 5.41) is 0. The van der Waals surface area contributed by atoms with Gasteiger partial charge in [0, 0.05) is 5.75 Å². The van der Waals surface area contributed by atoms with Crippen LogP contribution in [0.1, 0.15) is 12.5 Å². The lowest BCUT2D eigenvalue weighted by Crippen LogP contribution is -2.03. The molecule has 0 saturated carbocycles. The molecule has 0 fully saturated rings. The van der Waals surface area contributed by atoms with Crippen LogP contribution >= 0.6 is 11.8 Å². The zero-order chi connectivity index (χ0) is 9.10. The predicted octanol–water partition coefficient (Wildman–Crippen LogP) is 3.14. The first-order valence-corrected chi connectivity index (χ1v) is 5.38. The number of rotatable bonds is 1. The summed E-state index contributed by atoms with van der Waals surface area (Å²) in [5.41, 5.74) is 1.27. The van der Waals surface area contributed by atoms with Gasteiger partial charge in [-0.2, -0.15) is 0 Å². The molecule has 0 aromatic heterocycles. The van der Waals surface area contributed by atoms with E-state index in [4.69, 9.17) is 4.74 Å². The third kappa shape index (κ3) is 1.89. The highest BCUT2D eigenvalue weighted by atomic mass is 32.2. The minimum atomic E-state index is 0.840. The molecular weight excluding hydrogens is 180 g/mol. The summed E-state index contributed by atoms with van der Waals surface area (Å²) in [5.74, 6) is 2.11. The molecule has 0 N–H and O–H groups in total. The molecular formula is C11H12OS. The van der Waals surface area contributed by atoms with E-state index >= 15 is 0 Å². The minimum absolute atomic E-state index is 0.840. The summed E-state index contributed by atoms with van der Waals surface area (Å²) in [6, 6.07) is 10.4. The van der Waals surface area contributed by atoms with Crippen LogP contribution in [0.15, 0.2) is 36.1 Å². The Morgan fingerprint density at radius 1 is 1.23 bits per heavy atom. The average Bonchev–Trinajstić information content (AvgIpc) is 2.20. The van der Waals surface area contributed by atoms with E-state index in [-0.39, 0.29) is 0 Å². The second-order valence-electron chi connectivity index (χ2n) is 2.95. The molecule has 1 nitrogen and oxygen atoms in total. The number of hydrogen-bond acceptors (Lipinski definition) is 2. The quantitative estimate of drug-likeness (QED) is 0.676. The summed E-state index contributed by atoms with van der Waals surface area (Å²) in [7, 11) is 0. The van der Waals surface area contributed by atoms with Gasteiger partial charge < -0.3 is 4.74 Å². The topological polar surface area (TPSA) is 9.23 Å². The van der Waals surface area contributed by atoms with Crippen molar-refractivity contribution < 1.29 is 4.74 Å². The summed E-state index contributed by atoms with van der Waals surface area (Å²) >= 11 is 1.88. The third-order valence-corrected chi connectivity index (χ3v) is 3.19. The van der Waals surface area contributed by atoms with Crippen molar-refractivity contribution in [2.24, 2.45) is 0 Å². The normalized spacial score (nSPS) is 17.0. The Bertz CT molecular complexity index is 316. The summed E-state index contributed by atoms with van der Waals surface area (Å²) < 4.78 is 5.50. The third-order valence-electron chi connectivity index (χ3n) is 2.00. The van der Waals surface area contributed by atoms with E-state index in [9.17, 15) is 0 Å². The molecule has 2 heteroatoms. The zero-order valence-electron chi connectivity index (χ0n) is 7.62. The number of thioether (sulfide) groups is 1. The van der Waals surface area contributed by atoms with E-state index in [0.29, 0.717) is 0 Å². The van der Waals surface area contributed by atoms with Crippen molar-refractivity contribution in [2.45, 2.75) is 6.92 Å². The molecule has 1 aromatic rings. The van der Waals surface area contributed by atoms with Gasteiger partial charge in [0.25, 0.3) is 0 Å². The highest BCUT2D eigenvalue weighted by Gasteiger charge is 2.11. The van der Waals surface area contributed by atoms with E-state index < -0.39 is 0 Å². The fourth-order valence-corrected chi connectivity index (χ4v) is 2.32. The van der Waals surface area contributed by atoms with Crippen LogP contribution < -0.4 is 0 Å². The van der Waals surface area contributed by atoms with Gasteiger partial charge in [0.2, 0.25) is 0 Å². The van der Waals surface area contributed by atoms with Crippen LogP contribution in [0, 0.1) is 0 Å². The molecule has 0 bridgehead atoms. The Kier molecular flexibility index (Phi) is 2.60. The minimum Gasteiger partial charge on any atom is -0.496 e. The van der Waals surface area contributed by atoms with Gasteiger partial charge in [-0.3, -0.25) is 0 Å². The molecule has 0 saturated heterocycles. The van der Waals surface area contributed by atoms with Crippen LogP contribution in [0.3, 0.4) is 0 Å². The predicted molar refractivity (Wildman–Crippen MR) is 57.4 cm³/mol. The highest BCUT2D eigenvalue weighted by Crippen LogP contribution is 2.33. The standard InChI is InChI=1S/C11H12OS/c1-9-11(13-8-7-12-9)10-5-3-2-4-6-10/h2-6H,7-8H2,1H3. The van der Waals surface area contributed by atoms with Gasteiger partial charge in [-0.25, -0.2) is 0 Å². The molecule has 1 aliphatic heterocycles. The van der Waals surface area contributed by atoms with Gasteiger partial charge in [-0.1, -0.05) is 30.3 Å². The smallest absolute Gasteiger partial charge is 0.107 e. The van der Waals surface area contributed by atoms with Crippen LogP contribution in [0.5, 0.6) is 0 Å². The molecule has 1 aliphatic rings. The maximum atomic E-state index is 5.50. The lowest BCUT2D eigenvalue weighted by atomic mass is 10.2. The second kappa shape index (κ2) is 3.88. The van der Waals surface area contributed by atoms with E-state index in [2.05, 4.69) is 24.3 Å². The molecule has 0 unspecified atom stereocenters. The van der Waals surface area contributed by atoms with E-state index in [1.807, 2.05) is 24.8 Å². The number of allylic oxidation sites excluding steroid dienone is 1. The van der Waals surface area contributed by atoms with Crippen molar-refractivity contribution in [1.29, 1.82) is 0 Å². The maximum Gasteiger partial charge on any atom is 0.107 e. The molecule has 0 amide bonds. The van der Waals surface area contributed by atoms with Crippen LogP contribution in [0.4, 0.5) is 0 Å². The molecule has 0 aliphatic carbocycles. The fraction of sp³-hybridized carbons (Fsp3) is 0.273. The van der Waals surface area contributed by atoms with Crippen LogP contribution in [-0.2, 0) is 4.74 Å². The van der Waals surface area contributed by atoms with Gasteiger partial charge in [0.05, 0.1) is 11.5 Å². The zero-order valence-corrected chi connectivity index (χ0v) is 8.43. The lowest BCUT2D eigenvalue weighted by molar-refractivity contribution is 0.235. The van der Waals surface area contributed by atoms with Crippen LogP contribution in [-0.4, -0.2) is 12.4 Å². The molecule has 0 spiro atoms. The lowest BCUT2D eigenvalue weighted by Gasteiger charge is -2.18. The number of benzene rings is 1. The average molecular weight is 192 g/mol. The van der Waals surface area contributed by atoms with Gasteiger partial charge in [0.15, 0.2) is 0 Å². The summed E-state index contributed by atoms with van der Waals surface area (Å²) in [6.07, 6.45) is 0. The van der Waals surface area contributed by atoms with Gasteiger partial charge >= 0.3 is 0 Å². The molecule has 0 radical (unpaired) electrons. The largest absolute Gasteiger partial charge is 0.496 e. The van der Waals surface area contributed by atoms with Gasteiger partial charge in [0.1, 0.15) is 5.76 Å². The van der Waals surface area contributed by atoms with Gasteiger partial charge in [-0.15, -0.1) is 11.8 Å². The Morgan fingerprint density at radius 2 is 2.00 bits per heavy atom. The number of hydrogen-bond donors (Lipinski definition) is 0. The molecule has 1 heterocycles. The Hall–Kier alpha value is -0.890. The van der Waals surface area contributed by atoms with E-state index in [1.165, 1.54) is 10.5 Å². The van der Waals surface area contributed by atoms with Crippen molar-refractivity contribution in [3.63, 3.8) is 0 Å². The van der Waals surface area contributed by atoms with Crippen LogP contribution in [0.25, 0.3) is 4.91 Å². The maximum absolute atomic E-state index is 5.50.